The summed E-state index contributed by atoms with van der Waals surface area (Å²) in [5.74, 6) is -0.149. The average molecular weight is 303 g/mol. The molecule has 2 amide bonds. The van der Waals surface area contributed by atoms with Crippen LogP contribution in [0.3, 0.4) is 0 Å². The Hall–Kier alpha value is -1.64. The van der Waals surface area contributed by atoms with E-state index in [1.54, 1.807) is 6.07 Å². The van der Waals surface area contributed by atoms with E-state index in [0.717, 1.165) is 5.56 Å². The molecule has 3 rings (SSSR count). The van der Waals surface area contributed by atoms with Crippen molar-refractivity contribution >= 4 is 11.8 Å². The predicted molar refractivity (Wildman–Crippen MR) is 64.4 cm³/mol. The molecule has 0 unspecified atom stereocenters. The summed E-state index contributed by atoms with van der Waals surface area (Å²) < 4.78 is 0. The number of amides is 2. The number of carbonyl (C=O) groups excluding carboxylic acids is 2. The molecule has 0 bridgehead atoms. The number of hydrogen-bond acceptors (Lipinski definition) is 2. The van der Waals surface area contributed by atoms with Gasteiger partial charge < -0.3 is 60.2 Å². The van der Waals surface area contributed by atoms with E-state index in [9.17, 15) is 9.59 Å². The maximum atomic E-state index is 11.2. The minimum absolute atomic E-state index is 0. The van der Waals surface area contributed by atoms with Crippen LogP contribution in [0.1, 0.15) is 18.4 Å². The Bertz CT molecular complexity index is 469. The number of carbonyl (C=O) groups is 2. The fourth-order valence-corrected chi connectivity index (χ4v) is 1.65. The number of hydrogen-bond donors (Lipinski definition) is 0. The van der Waals surface area contributed by atoms with E-state index >= 15 is 0 Å². The molecular formula is C16H9FeNO2-10. The van der Waals surface area contributed by atoms with E-state index in [1.807, 2.05) is 0 Å². The van der Waals surface area contributed by atoms with E-state index in [4.69, 9.17) is 0 Å². The van der Waals surface area contributed by atoms with Crippen molar-refractivity contribution in [3.8, 4) is 0 Å². The Labute approximate surface area is 129 Å². The van der Waals surface area contributed by atoms with Crippen LogP contribution in [0, 0.1) is 48.5 Å². The number of rotatable bonds is 3. The zero-order valence-corrected chi connectivity index (χ0v) is 11.6. The molecule has 0 saturated carbocycles. The van der Waals surface area contributed by atoms with Gasteiger partial charge in [-0.15, -0.1) is 0 Å². The van der Waals surface area contributed by atoms with E-state index in [1.165, 1.54) is 4.90 Å². The van der Waals surface area contributed by atoms with Crippen LogP contribution in [0.25, 0.3) is 0 Å². The summed E-state index contributed by atoms with van der Waals surface area (Å²) in [7, 11) is 0. The van der Waals surface area contributed by atoms with Gasteiger partial charge in [0.05, 0.1) is 0 Å². The third-order valence-corrected chi connectivity index (χ3v) is 2.58. The smallest absolute Gasteiger partial charge is 0.229 e. The summed E-state index contributed by atoms with van der Waals surface area (Å²) in [6, 6.07) is 22.9. The van der Waals surface area contributed by atoms with Gasteiger partial charge in [0.2, 0.25) is 11.8 Å². The second-order valence-corrected chi connectivity index (χ2v) is 3.85. The molecule has 3 nitrogen and oxygen atoms in total. The first kappa shape index (κ1) is 16.4. The van der Waals surface area contributed by atoms with E-state index in [-0.39, 0.29) is 28.9 Å². The summed E-state index contributed by atoms with van der Waals surface area (Å²) >= 11 is 0. The first-order valence-corrected chi connectivity index (χ1v) is 5.81. The molecule has 1 fully saturated rings. The molecule has 1 aliphatic rings. The number of nitrogens with zero attached hydrogens (tertiary/aromatic N) is 1. The first-order chi connectivity index (χ1) is 9.27. The van der Waals surface area contributed by atoms with Gasteiger partial charge in [0.1, 0.15) is 0 Å². The summed E-state index contributed by atoms with van der Waals surface area (Å²) in [5, 5.41) is 0. The van der Waals surface area contributed by atoms with Crippen molar-refractivity contribution in [2.24, 2.45) is 0 Å². The molecular weight excluding hydrogens is 294 g/mol. The second kappa shape index (κ2) is 8.51. The fourth-order valence-electron chi connectivity index (χ4n) is 1.65. The second-order valence-electron chi connectivity index (χ2n) is 3.85. The Morgan fingerprint density at radius 3 is 2.00 bits per heavy atom. The van der Waals surface area contributed by atoms with Crippen LogP contribution < -0.4 is 0 Å². The molecule has 0 N–H and O–H groups in total. The molecule has 0 radical (unpaired) electrons. The first-order valence-electron chi connectivity index (χ1n) is 5.81. The molecule has 0 aliphatic carbocycles. The van der Waals surface area contributed by atoms with Crippen LogP contribution in [-0.2, 0) is 33.1 Å². The molecule has 4 heteroatoms. The van der Waals surface area contributed by atoms with Crippen molar-refractivity contribution in [1.29, 1.82) is 0 Å². The minimum Gasteiger partial charge on any atom is -0.999 e. The van der Waals surface area contributed by atoms with E-state index < -0.39 is 0 Å². The van der Waals surface area contributed by atoms with Crippen molar-refractivity contribution in [1.82, 2.24) is 4.90 Å². The SMILES string of the molecule is O=C1CCC(=O)N1CC[c-]1[c-][c-][c-][c-]1.[Fe].[c-]1[c-][c-][cH-][c-]1. The Morgan fingerprint density at radius 1 is 1.00 bits per heavy atom. The van der Waals surface area contributed by atoms with Crippen molar-refractivity contribution < 1.29 is 26.7 Å². The van der Waals surface area contributed by atoms with Crippen LogP contribution >= 0.6 is 0 Å². The maximum Gasteiger partial charge on any atom is 0.229 e. The summed E-state index contributed by atoms with van der Waals surface area (Å²) in [4.78, 5) is 23.7. The molecule has 2 aromatic rings. The van der Waals surface area contributed by atoms with Crippen molar-refractivity contribution in [2.75, 3.05) is 6.54 Å². The summed E-state index contributed by atoms with van der Waals surface area (Å²) in [6.45, 7) is 0.427. The molecule has 0 aromatic heterocycles. The van der Waals surface area contributed by atoms with Crippen molar-refractivity contribution in [3.05, 3.63) is 60.2 Å². The molecule has 1 aliphatic heterocycles. The van der Waals surface area contributed by atoms with E-state index in [2.05, 4.69) is 48.5 Å². The monoisotopic (exact) mass is 303 g/mol. The van der Waals surface area contributed by atoms with Gasteiger partial charge >= 0.3 is 0 Å². The number of likely N-dealkylation sites (tertiary alicyclic amines) is 1. The summed E-state index contributed by atoms with van der Waals surface area (Å²) in [6.07, 6.45) is 1.30. The van der Waals surface area contributed by atoms with Crippen molar-refractivity contribution in [2.45, 2.75) is 19.3 Å². The number of imide groups is 1. The zero-order valence-electron chi connectivity index (χ0n) is 10.5. The maximum absolute atomic E-state index is 11.2. The molecule has 20 heavy (non-hydrogen) atoms. The van der Waals surface area contributed by atoms with E-state index in [0.29, 0.717) is 25.8 Å². The molecule has 108 valence electrons. The van der Waals surface area contributed by atoms with Gasteiger partial charge in [0.25, 0.3) is 0 Å². The third-order valence-electron chi connectivity index (χ3n) is 2.58. The average Bonchev–Trinajstić information content (AvgIpc) is 3.13. The van der Waals surface area contributed by atoms with Gasteiger partial charge in [-0.2, -0.15) is 0 Å². The van der Waals surface area contributed by atoms with Crippen molar-refractivity contribution in [3.63, 3.8) is 0 Å². The van der Waals surface area contributed by atoms with Crippen LogP contribution in [0.15, 0.2) is 6.07 Å². The minimum atomic E-state index is -0.0745. The van der Waals surface area contributed by atoms with Crippen LogP contribution in [-0.4, -0.2) is 23.3 Å². The topological polar surface area (TPSA) is 37.4 Å². The van der Waals surface area contributed by atoms with Crippen LogP contribution in [0.2, 0.25) is 0 Å². The van der Waals surface area contributed by atoms with Gasteiger partial charge in [-0.3, -0.25) is 14.5 Å². The van der Waals surface area contributed by atoms with Crippen LogP contribution in [0.5, 0.6) is 0 Å². The predicted octanol–water partition coefficient (Wildman–Crippen LogP) is 0.902. The fraction of sp³-hybridized carbons (Fsp3) is 0.250. The van der Waals surface area contributed by atoms with Gasteiger partial charge in [-0.1, -0.05) is 0 Å². The molecule has 0 atom stereocenters. The van der Waals surface area contributed by atoms with Gasteiger partial charge in [-0.25, -0.2) is 6.42 Å². The Balaban J connectivity index is 0.000000283. The van der Waals surface area contributed by atoms with Crippen LogP contribution in [0.4, 0.5) is 0 Å². The molecule has 0 spiro atoms. The Kier molecular flexibility index (Phi) is 6.99. The van der Waals surface area contributed by atoms with Gasteiger partial charge in [0.15, 0.2) is 0 Å². The summed E-state index contributed by atoms with van der Waals surface area (Å²) in [5.41, 5.74) is 0.817. The molecule has 1 heterocycles. The molecule has 2 aromatic carbocycles. The Morgan fingerprint density at radius 2 is 1.55 bits per heavy atom. The zero-order chi connectivity index (χ0) is 13.5. The largest absolute Gasteiger partial charge is 0.999 e. The quantitative estimate of drug-likeness (QED) is 0.480. The standard InChI is InChI=1S/C11H8NO2.C5H.Fe/c13-10-5-6-11(14)12(10)8-7-9-3-1-2-4-9;1-2-4-5-3-1;/h5-8H2;1H;/q2*-5;. The third kappa shape index (κ3) is 4.80. The normalized spacial score (nSPS) is 13.7. The molecule has 1 saturated heterocycles. The van der Waals surface area contributed by atoms with Gasteiger partial charge in [0, 0.05) is 29.9 Å². The van der Waals surface area contributed by atoms with Gasteiger partial charge in [-0.05, 0) is 6.54 Å².